The van der Waals surface area contributed by atoms with Gasteiger partial charge in [0.25, 0.3) is 0 Å². The van der Waals surface area contributed by atoms with Gasteiger partial charge in [-0.1, -0.05) is 36.8 Å². The number of halogens is 3. The number of benzene rings is 2. The van der Waals surface area contributed by atoms with Crippen molar-refractivity contribution in [2.75, 3.05) is 6.54 Å². The van der Waals surface area contributed by atoms with Crippen molar-refractivity contribution < 1.29 is 13.2 Å². The molecule has 0 atom stereocenters. The second-order valence-electron chi connectivity index (χ2n) is 6.27. The fraction of sp³-hybridized carbons (Fsp3) is 0.350. The van der Waals surface area contributed by atoms with Crippen LogP contribution in [0.2, 0.25) is 0 Å². The maximum atomic E-state index is 12.7. The average Bonchev–Trinajstić information content (AvgIpc) is 2.88. The van der Waals surface area contributed by atoms with E-state index in [2.05, 4.69) is 10.3 Å². The Kier molecular flexibility index (Phi) is 5.41. The summed E-state index contributed by atoms with van der Waals surface area (Å²) in [6.45, 7) is 1.56. The predicted octanol–water partition coefficient (Wildman–Crippen LogP) is 5.43. The summed E-state index contributed by atoms with van der Waals surface area (Å²) in [6, 6.07) is 13.1. The first-order valence-electron chi connectivity index (χ1n) is 8.56. The molecular formula is C20H21F3N2. The molecule has 3 rings (SSSR count). The summed E-state index contributed by atoms with van der Waals surface area (Å²) in [6.07, 6.45) is 0.215. The zero-order chi connectivity index (χ0) is 17.7. The molecule has 1 heterocycles. The predicted molar refractivity (Wildman–Crippen MR) is 94.5 cm³/mol. The minimum atomic E-state index is -4.30. The maximum absolute atomic E-state index is 12.7. The van der Waals surface area contributed by atoms with Gasteiger partial charge in [-0.3, -0.25) is 4.99 Å². The highest BCUT2D eigenvalue weighted by atomic mass is 19.4. The minimum Gasteiger partial charge on any atom is -0.370 e. The molecule has 0 aliphatic carbocycles. The van der Waals surface area contributed by atoms with E-state index in [0.717, 1.165) is 60.5 Å². The summed E-state index contributed by atoms with van der Waals surface area (Å²) in [5.41, 5.74) is 2.15. The van der Waals surface area contributed by atoms with E-state index in [-0.39, 0.29) is 0 Å². The van der Waals surface area contributed by atoms with E-state index in [9.17, 15) is 13.2 Å². The van der Waals surface area contributed by atoms with Gasteiger partial charge in [0, 0.05) is 19.5 Å². The average molecular weight is 346 g/mol. The number of rotatable bonds is 3. The second-order valence-corrected chi connectivity index (χ2v) is 6.27. The first-order valence-corrected chi connectivity index (χ1v) is 8.56. The summed E-state index contributed by atoms with van der Waals surface area (Å²) < 4.78 is 38.0. The van der Waals surface area contributed by atoms with E-state index in [0.29, 0.717) is 6.54 Å². The van der Waals surface area contributed by atoms with Crippen LogP contribution < -0.4 is 5.32 Å². The monoisotopic (exact) mass is 346 g/mol. The van der Waals surface area contributed by atoms with Gasteiger partial charge < -0.3 is 5.32 Å². The third-order valence-corrected chi connectivity index (χ3v) is 4.34. The van der Waals surface area contributed by atoms with Crippen molar-refractivity contribution >= 4 is 5.84 Å². The fourth-order valence-corrected chi connectivity index (χ4v) is 2.93. The summed E-state index contributed by atoms with van der Waals surface area (Å²) in [5, 5.41) is 3.39. The number of hydrogen-bond donors (Lipinski definition) is 1. The second kappa shape index (κ2) is 7.72. The van der Waals surface area contributed by atoms with Gasteiger partial charge in [0.2, 0.25) is 0 Å². The first kappa shape index (κ1) is 17.5. The van der Waals surface area contributed by atoms with E-state index in [4.69, 9.17) is 0 Å². The Hall–Kier alpha value is -2.30. The summed E-state index contributed by atoms with van der Waals surface area (Å²) in [4.78, 5) is 4.55. The van der Waals surface area contributed by atoms with Crippen LogP contribution in [0.15, 0.2) is 53.5 Å². The quantitative estimate of drug-likeness (QED) is 0.787. The lowest BCUT2D eigenvalue weighted by Crippen LogP contribution is -2.22. The molecule has 0 bridgehead atoms. The molecule has 0 spiro atoms. The molecule has 2 nitrogen and oxygen atoms in total. The van der Waals surface area contributed by atoms with Crippen molar-refractivity contribution in [3.8, 4) is 11.1 Å². The number of hydrogen-bond acceptors (Lipinski definition) is 2. The van der Waals surface area contributed by atoms with Gasteiger partial charge in [-0.05, 0) is 47.7 Å². The van der Waals surface area contributed by atoms with Crippen molar-refractivity contribution in [1.29, 1.82) is 0 Å². The molecule has 2 aromatic rings. The molecule has 0 unspecified atom stereocenters. The zero-order valence-electron chi connectivity index (χ0n) is 13.9. The van der Waals surface area contributed by atoms with Crippen molar-refractivity contribution in [3.05, 3.63) is 59.7 Å². The van der Waals surface area contributed by atoms with E-state index >= 15 is 0 Å². The van der Waals surface area contributed by atoms with Crippen LogP contribution in [0.3, 0.4) is 0 Å². The van der Waals surface area contributed by atoms with Crippen LogP contribution in [-0.4, -0.2) is 12.4 Å². The van der Waals surface area contributed by atoms with Gasteiger partial charge >= 0.3 is 6.18 Å². The molecule has 2 aromatic carbocycles. The van der Waals surface area contributed by atoms with Gasteiger partial charge in [-0.2, -0.15) is 13.2 Å². The number of nitrogens with zero attached hydrogens (tertiary/aromatic N) is 1. The molecule has 0 saturated carbocycles. The van der Waals surface area contributed by atoms with Crippen LogP contribution in [-0.2, 0) is 12.7 Å². The fourth-order valence-electron chi connectivity index (χ4n) is 2.93. The Morgan fingerprint density at radius 3 is 2.48 bits per heavy atom. The van der Waals surface area contributed by atoms with Crippen molar-refractivity contribution in [1.82, 2.24) is 5.32 Å². The first-order chi connectivity index (χ1) is 12.0. The molecule has 0 amide bonds. The summed E-state index contributed by atoms with van der Waals surface area (Å²) in [7, 11) is 0. The van der Waals surface area contributed by atoms with Crippen LogP contribution in [0.5, 0.6) is 0 Å². The molecule has 25 heavy (non-hydrogen) atoms. The molecule has 0 saturated heterocycles. The lowest BCUT2D eigenvalue weighted by Gasteiger charge is -2.11. The Bertz CT molecular complexity index is 733. The molecule has 0 aromatic heterocycles. The third-order valence-electron chi connectivity index (χ3n) is 4.34. The Morgan fingerprint density at radius 2 is 1.72 bits per heavy atom. The van der Waals surface area contributed by atoms with E-state index in [1.54, 1.807) is 0 Å². The van der Waals surface area contributed by atoms with Crippen LogP contribution in [0, 0.1) is 0 Å². The lowest BCUT2D eigenvalue weighted by atomic mass is 10.0. The highest BCUT2D eigenvalue weighted by molar-refractivity contribution is 5.82. The van der Waals surface area contributed by atoms with E-state index in [1.807, 2.05) is 24.3 Å². The van der Waals surface area contributed by atoms with Gasteiger partial charge in [-0.15, -0.1) is 0 Å². The highest BCUT2D eigenvalue weighted by Gasteiger charge is 2.29. The topological polar surface area (TPSA) is 24.4 Å². The van der Waals surface area contributed by atoms with Crippen molar-refractivity contribution in [2.24, 2.45) is 4.99 Å². The van der Waals surface area contributed by atoms with Crippen LogP contribution in [0.1, 0.15) is 36.8 Å². The smallest absolute Gasteiger partial charge is 0.370 e. The normalized spacial score (nSPS) is 15.4. The summed E-state index contributed by atoms with van der Waals surface area (Å²) in [5.74, 6) is 1.05. The van der Waals surface area contributed by atoms with Crippen molar-refractivity contribution in [3.63, 3.8) is 0 Å². The molecule has 0 fully saturated rings. The standard InChI is InChI=1S/C20H21F3N2/c21-20(22,23)18-10-8-16(9-11-18)17-6-4-5-15(13-17)14-25-19-7-2-1-3-12-24-19/h4-6,8-11,13H,1-3,7,12,14H2,(H,24,25). The van der Waals surface area contributed by atoms with Crippen molar-refractivity contribution in [2.45, 2.75) is 38.4 Å². The third kappa shape index (κ3) is 4.84. The maximum Gasteiger partial charge on any atom is 0.416 e. The van der Waals surface area contributed by atoms with Crippen LogP contribution in [0.25, 0.3) is 11.1 Å². The number of alkyl halides is 3. The zero-order valence-corrected chi connectivity index (χ0v) is 13.9. The lowest BCUT2D eigenvalue weighted by molar-refractivity contribution is -0.137. The molecule has 1 N–H and O–H groups in total. The Labute approximate surface area is 145 Å². The molecule has 1 aliphatic heterocycles. The van der Waals surface area contributed by atoms with Crippen LogP contribution in [0.4, 0.5) is 13.2 Å². The largest absolute Gasteiger partial charge is 0.416 e. The van der Waals surface area contributed by atoms with Gasteiger partial charge in [-0.25, -0.2) is 0 Å². The van der Waals surface area contributed by atoms with E-state index in [1.165, 1.54) is 18.6 Å². The summed E-state index contributed by atoms with van der Waals surface area (Å²) >= 11 is 0. The molecule has 0 radical (unpaired) electrons. The SMILES string of the molecule is FC(F)(F)c1ccc(-c2cccc(CNC3=NCCCCC3)c2)cc1. The number of aliphatic imine (C=N–C) groups is 1. The molecular weight excluding hydrogens is 325 g/mol. The van der Waals surface area contributed by atoms with Gasteiger partial charge in [0.15, 0.2) is 0 Å². The van der Waals surface area contributed by atoms with E-state index < -0.39 is 11.7 Å². The Balaban J connectivity index is 1.69. The highest BCUT2D eigenvalue weighted by Crippen LogP contribution is 2.31. The van der Waals surface area contributed by atoms with Crippen LogP contribution >= 0.6 is 0 Å². The molecule has 1 aliphatic rings. The molecule has 132 valence electrons. The number of amidine groups is 1. The van der Waals surface area contributed by atoms with Gasteiger partial charge in [0.05, 0.1) is 11.4 Å². The Morgan fingerprint density at radius 1 is 0.920 bits per heavy atom. The molecule has 5 heteroatoms. The minimum absolute atomic E-state index is 0.625. The number of nitrogens with one attached hydrogen (secondary N) is 1. The van der Waals surface area contributed by atoms with Gasteiger partial charge in [0.1, 0.15) is 0 Å².